The molecular formula is C19H18N2O5S. The standard InChI is InChI=1S/C19H18N2O5S/c22-19(20-13-16-3-1-11-25-16)10-7-15-5-8-18(9-6-15)27(23,24)21-14-17-4-2-12-26-17/h1-12,21H,13-14H2,(H,20,22)/b10-7+. The molecule has 7 nitrogen and oxygen atoms in total. The number of benzene rings is 1. The molecule has 1 aromatic carbocycles. The third kappa shape index (κ3) is 5.44. The zero-order chi connectivity index (χ0) is 19.1. The maximum absolute atomic E-state index is 12.3. The zero-order valence-electron chi connectivity index (χ0n) is 14.3. The van der Waals surface area contributed by atoms with Crippen molar-refractivity contribution in [2.45, 2.75) is 18.0 Å². The molecule has 0 radical (unpaired) electrons. The minimum absolute atomic E-state index is 0.0762. The monoisotopic (exact) mass is 386 g/mol. The minimum Gasteiger partial charge on any atom is -0.468 e. The fraction of sp³-hybridized carbons (Fsp3) is 0.105. The lowest BCUT2D eigenvalue weighted by Crippen LogP contribution is -2.22. The highest BCUT2D eigenvalue weighted by atomic mass is 32.2. The van der Waals surface area contributed by atoms with Crippen LogP contribution in [0.15, 0.2) is 80.9 Å². The van der Waals surface area contributed by atoms with Crippen LogP contribution in [0, 0.1) is 0 Å². The van der Waals surface area contributed by atoms with E-state index in [-0.39, 0.29) is 17.3 Å². The van der Waals surface area contributed by atoms with Crippen LogP contribution in [0.4, 0.5) is 0 Å². The Hall–Kier alpha value is -3.10. The van der Waals surface area contributed by atoms with Gasteiger partial charge in [-0.15, -0.1) is 0 Å². The van der Waals surface area contributed by atoms with Crippen molar-refractivity contribution in [3.8, 4) is 0 Å². The van der Waals surface area contributed by atoms with Crippen LogP contribution in [-0.4, -0.2) is 14.3 Å². The Morgan fingerprint density at radius 2 is 1.56 bits per heavy atom. The average Bonchev–Trinajstić information content (AvgIpc) is 3.37. The first kappa shape index (κ1) is 18.7. The van der Waals surface area contributed by atoms with Crippen molar-refractivity contribution in [1.29, 1.82) is 0 Å². The Balaban J connectivity index is 1.55. The molecule has 0 spiro atoms. The van der Waals surface area contributed by atoms with Crippen molar-refractivity contribution >= 4 is 22.0 Å². The molecule has 3 rings (SSSR count). The van der Waals surface area contributed by atoms with Crippen molar-refractivity contribution in [3.05, 3.63) is 84.2 Å². The van der Waals surface area contributed by atoms with E-state index in [0.717, 1.165) is 0 Å². The first-order valence-corrected chi connectivity index (χ1v) is 9.62. The predicted molar refractivity (Wildman–Crippen MR) is 98.8 cm³/mol. The summed E-state index contributed by atoms with van der Waals surface area (Å²) in [7, 11) is -3.64. The van der Waals surface area contributed by atoms with Gasteiger partial charge in [-0.2, -0.15) is 0 Å². The van der Waals surface area contributed by atoms with Gasteiger partial charge in [0, 0.05) is 6.08 Å². The Bertz CT molecular complexity index is 989. The van der Waals surface area contributed by atoms with E-state index in [9.17, 15) is 13.2 Å². The highest BCUT2D eigenvalue weighted by molar-refractivity contribution is 7.89. The Morgan fingerprint density at radius 3 is 2.15 bits per heavy atom. The van der Waals surface area contributed by atoms with Gasteiger partial charge in [-0.1, -0.05) is 12.1 Å². The fourth-order valence-corrected chi connectivity index (χ4v) is 3.23. The summed E-state index contributed by atoms with van der Waals surface area (Å²) in [4.78, 5) is 11.9. The van der Waals surface area contributed by atoms with Gasteiger partial charge in [-0.25, -0.2) is 13.1 Å². The molecular weight excluding hydrogens is 368 g/mol. The van der Waals surface area contributed by atoms with E-state index in [1.807, 2.05) is 0 Å². The molecule has 2 heterocycles. The summed E-state index contributed by atoms with van der Waals surface area (Å²) in [5, 5.41) is 2.69. The van der Waals surface area contributed by atoms with Crippen LogP contribution in [0.3, 0.4) is 0 Å². The SMILES string of the molecule is O=C(/C=C/c1ccc(S(=O)(=O)NCc2ccco2)cc1)NCc1ccco1. The van der Waals surface area contributed by atoms with Crippen LogP contribution < -0.4 is 10.0 Å². The molecule has 1 amide bonds. The van der Waals surface area contributed by atoms with E-state index in [0.29, 0.717) is 23.6 Å². The van der Waals surface area contributed by atoms with Crippen molar-refractivity contribution in [1.82, 2.24) is 10.0 Å². The number of nitrogens with one attached hydrogen (secondary N) is 2. The second-order valence-electron chi connectivity index (χ2n) is 5.60. The number of rotatable bonds is 8. The lowest BCUT2D eigenvalue weighted by atomic mass is 10.2. The van der Waals surface area contributed by atoms with E-state index < -0.39 is 10.0 Å². The largest absolute Gasteiger partial charge is 0.468 e. The third-order valence-electron chi connectivity index (χ3n) is 3.65. The predicted octanol–water partition coefficient (Wildman–Crippen LogP) is 2.68. The molecule has 0 saturated heterocycles. The van der Waals surface area contributed by atoms with Crippen LogP contribution in [0.5, 0.6) is 0 Å². The first-order valence-electron chi connectivity index (χ1n) is 8.13. The van der Waals surface area contributed by atoms with Crippen LogP contribution in [0.1, 0.15) is 17.1 Å². The second kappa shape index (κ2) is 8.52. The second-order valence-corrected chi connectivity index (χ2v) is 7.37. The molecule has 3 aromatic rings. The normalized spacial score (nSPS) is 11.7. The summed E-state index contributed by atoms with van der Waals surface area (Å²) in [5.41, 5.74) is 0.702. The van der Waals surface area contributed by atoms with E-state index in [1.54, 1.807) is 42.5 Å². The lowest BCUT2D eigenvalue weighted by Gasteiger charge is -2.05. The Morgan fingerprint density at radius 1 is 0.926 bits per heavy atom. The molecule has 140 valence electrons. The highest BCUT2D eigenvalue weighted by Crippen LogP contribution is 2.12. The van der Waals surface area contributed by atoms with Gasteiger partial charge >= 0.3 is 0 Å². The molecule has 0 aliphatic carbocycles. The maximum atomic E-state index is 12.3. The third-order valence-corrected chi connectivity index (χ3v) is 5.07. The Labute approximate surface area is 156 Å². The van der Waals surface area contributed by atoms with E-state index in [1.165, 1.54) is 30.7 Å². The van der Waals surface area contributed by atoms with E-state index in [2.05, 4.69) is 10.0 Å². The highest BCUT2D eigenvalue weighted by Gasteiger charge is 2.13. The lowest BCUT2D eigenvalue weighted by molar-refractivity contribution is -0.116. The van der Waals surface area contributed by atoms with Crippen molar-refractivity contribution in [2.24, 2.45) is 0 Å². The molecule has 0 aliphatic heterocycles. The molecule has 0 atom stereocenters. The number of carbonyl (C=O) groups excluding carboxylic acids is 1. The fourth-order valence-electron chi connectivity index (χ4n) is 2.24. The molecule has 0 bridgehead atoms. The van der Waals surface area contributed by atoms with Gasteiger partial charge < -0.3 is 14.2 Å². The molecule has 2 N–H and O–H groups in total. The van der Waals surface area contributed by atoms with Gasteiger partial charge in [0.05, 0.1) is 30.5 Å². The summed E-state index contributed by atoms with van der Waals surface area (Å²) in [5.74, 6) is 0.912. The molecule has 0 fully saturated rings. The van der Waals surface area contributed by atoms with Gasteiger partial charge in [-0.3, -0.25) is 4.79 Å². The van der Waals surface area contributed by atoms with Gasteiger partial charge in [-0.05, 0) is 48.0 Å². The summed E-state index contributed by atoms with van der Waals surface area (Å²) in [6.07, 6.45) is 6.00. The van der Waals surface area contributed by atoms with Crippen LogP contribution in [0.2, 0.25) is 0 Å². The maximum Gasteiger partial charge on any atom is 0.244 e. The molecule has 0 saturated carbocycles. The van der Waals surface area contributed by atoms with Gasteiger partial charge in [0.25, 0.3) is 0 Å². The number of hydrogen-bond acceptors (Lipinski definition) is 5. The summed E-state index contributed by atoms with van der Waals surface area (Å²) >= 11 is 0. The molecule has 27 heavy (non-hydrogen) atoms. The topological polar surface area (TPSA) is 102 Å². The molecule has 8 heteroatoms. The zero-order valence-corrected chi connectivity index (χ0v) is 15.1. The quantitative estimate of drug-likeness (QED) is 0.580. The van der Waals surface area contributed by atoms with Crippen LogP contribution in [0.25, 0.3) is 6.08 Å². The molecule has 0 aliphatic rings. The van der Waals surface area contributed by atoms with E-state index in [4.69, 9.17) is 8.83 Å². The number of amides is 1. The van der Waals surface area contributed by atoms with Crippen molar-refractivity contribution < 1.29 is 22.0 Å². The first-order chi connectivity index (χ1) is 13.0. The summed E-state index contributed by atoms with van der Waals surface area (Å²) in [6, 6.07) is 13.1. The Kier molecular flexibility index (Phi) is 5.90. The smallest absolute Gasteiger partial charge is 0.244 e. The average molecular weight is 386 g/mol. The number of furan rings is 2. The van der Waals surface area contributed by atoms with Crippen molar-refractivity contribution in [3.63, 3.8) is 0 Å². The van der Waals surface area contributed by atoms with Crippen LogP contribution >= 0.6 is 0 Å². The number of sulfonamides is 1. The number of hydrogen-bond donors (Lipinski definition) is 2. The molecule has 0 unspecified atom stereocenters. The number of carbonyl (C=O) groups is 1. The summed E-state index contributed by atoms with van der Waals surface area (Å²) in [6.45, 7) is 0.377. The van der Waals surface area contributed by atoms with Gasteiger partial charge in [0.2, 0.25) is 15.9 Å². The van der Waals surface area contributed by atoms with Gasteiger partial charge in [0.15, 0.2) is 0 Å². The van der Waals surface area contributed by atoms with Crippen LogP contribution in [-0.2, 0) is 27.9 Å². The van der Waals surface area contributed by atoms with E-state index >= 15 is 0 Å². The molecule has 2 aromatic heterocycles. The minimum atomic E-state index is -3.64. The summed E-state index contributed by atoms with van der Waals surface area (Å²) < 4.78 is 37.2. The van der Waals surface area contributed by atoms with Crippen molar-refractivity contribution in [2.75, 3.05) is 0 Å². The van der Waals surface area contributed by atoms with Gasteiger partial charge in [0.1, 0.15) is 11.5 Å².